The summed E-state index contributed by atoms with van der Waals surface area (Å²) in [4.78, 5) is -0.250. The Bertz CT molecular complexity index is 592. The van der Waals surface area contributed by atoms with Gasteiger partial charge in [0.05, 0.1) is 29.2 Å². The van der Waals surface area contributed by atoms with E-state index in [2.05, 4.69) is 0 Å². The van der Waals surface area contributed by atoms with Crippen molar-refractivity contribution in [3.8, 4) is 0 Å². The third kappa shape index (κ3) is 4.62. The lowest BCUT2D eigenvalue weighted by molar-refractivity contribution is 0.0737. The van der Waals surface area contributed by atoms with E-state index in [1.807, 2.05) is 13.8 Å². The quantitative estimate of drug-likeness (QED) is 0.825. The van der Waals surface area contributed by atoms with Crippen LogP contribution in [0.15, 0.2) is 17.0 Å². The van der Waals surface area contributed by atoms with Crippen LogP contribution in [0, 0.1) is 5.82 Å². The molecule has 0 unspecified atom stereocenters. The van der Waals surface area contributed by atoms with Crippen molar-refractivity contribution in [3.05, 3.63) is 28.5 Å². The monoisotopic (exact) mass is 339 g/mol. The van der Waals surface area contributed by atoms with Crippen molar-refractivity contribution in [1.29, 1.82) is 0 Å². The van der Waals surface area contributed by atoms with Crippen molar-refractivity contribution in [1.82, 2.24) is 4.31 Å². The lowest BCUT2D eigenvalue weighted by Gasteiger charge is -2.18. The van der Waals surface area contributed by atoms with Gasteiger partial charge in [-0.15, -0.1) is 0 Å². The maximum absolute atomic E-state index is 13.6. The normalized spacial score (nSPS) is 12.4. The Morgan fingerprint density at radius 2 is 2.05 bits per heavy atom. The molecule has 0 aliphatic rings. The van der Waals surface area contributed by atoms with Gasteiger partial charge in [0.2, 0.25) is 10.0 Å². The highest BCUT2D eigenvalue weighted by atomic mass is 35.5. The number of sulfonamides is 1. The molecule has 0 atom stereocenters. The molecule has 1 aromatic rings. The van der Waals surface area contributed by atoms with Gasteiger partial charge in [-0.3, -0.25) is 0 Å². The van der Waals surface area contributed by atoms with E-state index in [0.717, 1.165) is 10.4 Å². The molecule has 0 spiro atoms. The molecule has 0 saturated heterocycles. The van der Waals surface area contributed by atoms with Crippen LogP contribution in [-0.4, -0.2) is 44.1 Å². The maximum Gasteiger partial charge on any atom is 0.243 e. The Balaban J connectivity index is 2.99. The third-order valence-electron chi connectivity index (χ3n) is 2.81. The minimum Gasteiger partial charge on any atom is -0.392 e. The fourth-order valence-electron chi connectivity index (χ4n) is 1.60. The molecule has 0 radical (unpaired) electrons. The van der Waals surface area contributed by atoms with Gasteiger partial charge in [-0.2, -0.15) is 4.31 Å². The van der Waals surface area contributed by atoms with Crippen LogP contribution < -0.4 is 0 Å². The summed E-state index contributed by atoms with van der Waals surface area (Å²) >= 11 is 5.65. The second-order valence-electron chi connectivity index (χ2n) is 4.78. The van der Waals surface area contributed by atoms with Gasteiger partial charge in [0, 0.05) is 19.2 Å². The predicted molar refractivity (Wildman–Crippen MR) is 78.2 cm³/mol. The van der Waals surface area contributed by atoms with Crippen molar-refractivity contribution < 1.29 is 22.7 Å². The van der Waals surface area contributed by atoms with Crippen molar-refractivity contribution in [2.75, 3.05) is 20.2 Å². The van der Waals surface area contributed by atoms with Crippen molar-refractivity contribution >= 4 is 21.6 Å². The average molecular weight is 340 g/mol. The second-order valence-corrected chi connectivity index (χ2v) is 7.21. The fourth-order valence-corrected chi connectivity index (χ4v) is 2.99. The Morgan fingerprint density at radius 3 is 2.57 bits per heavy atom. The predicted octanol–water partition coefficient (Wildman–Crippen LogP) is 2.02. The first kappa shape index (κ1) is 18.3. The van der Waals surface area contributed by atoms with Gasteiger partial charge in [-0.1, -0.05) is 11.6 Å². The van der Waals surface area contributed by atoms with E-state index in [1.54, 1.807) is 0 Å². The largest absolute Gasteiger partial charge is 0.392 e. The van der Waals surface area contributed by atoms with Gasteiger partial charge in [-0.05, 0) is 26.0 Å². The fraction of sp³-hybridized carbons (Fsp3) is 0.538. The highest BCUT2D eigenvalue weighted by molar-refractivity contribution is 7.89. The minimum atomic E-state index is -3.87. The van der Waals surface area contributed by atoms with Crippen LogP contribution >= 0.6 is 11.6 Å². The molecule has 1 aromatic carbocycles. The molecule has 0 aromatic heterocycles. The molecule has 120 valence electrons. The SMILES string of the molecule is CC(C)OCCN(C)S(=O)(=O)c1cc(F)c(Cl)c(CO)c1. The zero-order valence-electron chi connectivity index (χ0n) is 12.1. The minimum absolute atomic E-state index is 0.00456. The number of hydrogen-bond donors (Lipinski definition) is 1. The molecule has 0 aliphatic carbocycles. The molecule has 0 bridgehead atoms. The highest BCUT2D eigenvalue weighted by Gasteiger charge is 2.23. The topological polar surface area (TPSA) is 66.8 Å². The second kappa shape index (κ2) is 7.51. The number of nitrogens with zero attached hydrogens (tertiary/aromatic N) is 1. The molecule has 21 heavy (non-hydrogen) atoms. The summed E-state index contributed by atoms with van der Waals surface area (Å²) in [5.41, 5.74) is 0.0297. The summed E-state index contributed by atoms with van der Waals surface area (Å²) < 4.78 is 44.6. The van der Waals surface area contributed by atoms with E-state index in [9.17, 15) is 12.8 Å². The molecule has 0 aliphatic heterocycles. The number of likely N-dealkylation sites (N-methyl/N-ethyl adjacent to an activating group) is 1. The number of ether oxygens (including phenoxy) is 1. The first-order valence-corrected chi connectivity index (χ1v) is 8.18. The van der Waals surface area contributed by atoms with Gasteiger partial charge in [0.15, 0.2) is 0 Å². The number of hydrogen-bond acceptors (Lipinski definition) is 4. The van der Waals surface area contributed by atoms with Crippen LogP contribution in [0.2, 0.25) is 5.02 Å². The standard InChI is InChI=1S/C13H19ClFNO4S/c1-9(2)20-5-4-16(3)21(18,19)11-6-10(8-17)13(14)12(15)7-11/h6-7,9,17H,4-5,8H2,1-3H3. The molecular formula is C13H19ClFNO4S. The van der Waals surface area contributed by atoms with Crippen LogP contribution in [0.25, 0.3) is 0 Å². The van der Waals surface area contributed by atoms with Crippen LogP contribution in [0.5, 0.6) is 0 Å². The third-order valence-corrected chi connectivity index (χ3v) is 5.07. The Hall–Kier alpha value is -0.730. The Kier molecular flexibility index (Phi) is 6.55. The first-order chi connectivity index (χ1) is 9.70. The number of aliphatic hydroxyl groups is 1. The van der Waals surface area contributed by atoms with Gasteiger partial charge < -0.3 is 9.84 Å². The van der Waals surface area contributed by atoms with Gasteiger partial charge >= 0.3 is 0 Å². The van der Waals surface area contributed by atoms with Gasteiger partial charge in [0.25, 0.3) is 0 Å². The van der Waals surface area contributed by atoms with E-state index in [4.69, 9.17) is 21.4 Å². The smallest absolute Gasteiger partial charge is 0.243 e. The molecule has 8 heteroatoms. The van der Waals surface area contributed by atoms with Gasteiger partial charge in [-0.25, -0.2) is 12.8 Å². The molecule has 0 heterocycles. The number of halogens is 2. The molecule has 0 fully saturated rings. The van der Waals surface area contributed by atoms with Gasteiger partial charge in [0.1, 0.15) is 5.82 Å². The molecular weight excluding hydrogens is 321 g/mol. The average Bonchev–Trinajstić information content (AvgIpc) is 2.40. The van der Waals surface area contributed by atoms with E-state index in [1.165, 1.54) is 13.1 Å². The zero-order chi connectivity index (χ0) is 16.2. The molecule has 0 saturated carbocycles. The van der Waals surface area contributed by atoms with Crippen molar-refractivity contribution in [3.63, 3.8) is 0 Å². The number of benzene rings is 1. The van der Waals surface area contributed by atoms with E-state index < -0.39 is 22.4 Å². The summed E-state index contributed by atoms with van der Waals surface area (Å²) in [5.74, 6) is -0.881. The van der Waals surface area contributed by atoms with Crippen LogP contribution in [0.3, 0.4) is 0 Å². The van der Waals surface area contributed by atoms with E-state index in [-0.39, 0.29) is 34.7 Å². The number of aliphatic hydroxyl groups excluding tert-OH is 1. The first-order valence-electron chi connectivity index (χ1n) is 6.36. The maximum atomic E-state index is 13.6. The summed E-state index contributed by atoms with van der Waals surface area (Å²) in [7, 11) is -2.49. The summed E-state index contributed by atoms with van der Waals surface area (Å²) in [6.45, 7) is 3.52. The van der Waals surface area contributed by atoms with Crippen LogP contribution in [0.1, 0.15) is 19.4 Å². The summed E-state index contributed by atoms with van der Waals surface area (Å²) in [6.07, 6.45) is -0.00456. The Morgan fingerprint density at radius 1 is 1.43 bits per heavy atom. The molecule has 1 N–H and O–H groups in total. The van der Waals surface area contributed by atoms with E-state index in [0.29, 0.717) is 0 Å². The van der Waals surface area contributed by atoms with Crippen molar-refractivity contribution in [2.45, 2.75) is 31.5 Å². The summed E-state index contributed by atoms with van der Waals surface area (Å²) in [6, 6.07) is 2.01. The van der Waals surface area contributed by atoms with Crippen molar-refractivity contribution in [2.24, 2.45) is 0 Å². The van der Waals surface area contributed by atoms with Crippen LogP contribution in [-0.2, 0) is 21.4 Å². The summed E-state index contributed by atoms with van der Waals surface area (Å²) in [5, 5.41) is 8.82. The Labute approximate surface area is 129 Å². The van der Waals surface area contributed by atoms with Crippen LogP contribution in [0.4, 0.5) is 4.39 Å². The highest BCUT2D eigenvalue weighted by Crippen LogP contribution is 2.25. The lowest BCUT2D eigenvalue weighted by Crippen LogP contribution is -2.31. The van der Waals surface area contributed by atoms with E-state index >= 15 is 0 Å². The molecule has 1 rings (SSSR count). The zero-order valence-corrected chi connectivity index (χ0v) is 13.7. The lowest BCUT2D eigenvalue weighted by atomic mass is 10.2. The molecule has 0 amide bonds. The molecule has 5 nitrogen and oxygen atoms in total. The number of rotatable bonds is 7.